The summed E-state index contributed by atoms with van der Waals surface area (Å²) < 4.78 is 46.5. The zero-order chi connectivity index (χ0) is 24.7. The Balaban J connectivity index is 1.70. The van der Waals surface area contributed by atoms with Crippen molar-refractivity contribution in [1.29, 1.82) is 0 Å². The molecule has 1 fully saturated rings. The van der Waals surface area contributed by atoms with Crippen molar-refractivity contribution in [2.45, 2.75) is 25.1 Å². The number of ether oxygens (including phenoxy) is 1. The van der Waals surface area contributed by atoms with E-state index in [4.69, 9.17) is 4.74 Å². The predicted octanol–water partition coefficient (Wildman–Crippen LogP) is 5.10. The first kappa shape index (κ1) is 24.7. The molecular weight excluding hydrogens is 455 g/mol. The summed E-state index contributed by atoms with van der Waals surface area (Å²) in [6, 6.07) is 18.9. The van der Waals surface area contributed by atoms with Gasteiger partial charge in [0.1, 0.15) is 12.4 Å². The molecule has 0 saturated carbocycles. The van der Waals surface area contributed by atoms with E-state index in [0.29, 0.717) is 29.8 Å². The Hall–Kier alpha value is -3.39. The van der Waals surface area contributed by atoms with E-state index in [2.05, 4.69) is 10.3 Å². The van der Waals surface area contributed by atoms with E-state index in [1.807, 2.05) is 30.3 Å². The third-order valence-corrected chi connectivity index (χ3v) is 6.12. The molecule has 0 aliphatic carbocycles. The highest BCUT2D eigenvalue weighted by Crippen LogP contribution is 2.35. The number of nitrogens with zero attached hydrogens (tertiary/aromatic N) is 2. The number of para-hydroxylation sites is 1. The van der Waals surface area contributed by atoms with Gasteiger partial charge in [0.2, 0.25) is 5.91 Å². The zero-order valence-corrected chi connectivity index (χ0v) is 19.2. The number of alkyl halides is 3. The quantitative estimate of drug-likeness (QED) is 0.485. The second kappa shape index (κ2) is 11.4. The fourth-order valence-electron chi connectivity index (χ4n) is 4.38. The SMILES string of the molecule is O=C(C1CCNCC1)N(CCOc1ccccc1)C(c1cccc(C(F)(F)F)c1)c1ccccn1. The molecule has 1 saturated heterocycles. The van der Waals surface area contributed by atoms with Crippen molar-refractivity contribution in [3.05, 3.63) is 95.8 Å². The first-order valence-electron chi connectivity index (χ1n) is 11.7. The molecule has 1 N–H and O–H groups in total. The van der Waals surface area contributed by atoms with Gasteiger partial charge in [0, 0.05) is 12.1 Å². The van der Waals surface area contributed by atoms with Gasteiger partial charge in [0.25, 0.3) is 0 Å². The van der Waals surface area contributed by atoms with Crippen molar-refractivity contribution in [3.63, 3.8) is 0 Å². The Morgan fingerprint density at radius 1 is 1.03 bits per heavy atom. The maximum absolute atomic E-state index is 13.8. The number of hydrogen-bond donors (Lipinski definition) is 1. The third kappa shape index (κ3) is 6.39. The van der Waals surface area contributed by atoms with Gasteiger partial charge in [-0.3, -0.25) is 9.78 Å². The molecule has 8 heteroatoms. The Morgan fingerprint density at radius 2 is 1.77 bits per heavy atom. The maximum Gasteiger partial charge on any atom is 0.416 e. The molecule has 4 rings (SSSR count). The van der Waals surface area contributed by atoms with Crippen LogP contribution < -0.4 is 10.1 Å². The van der Waals surface area contributed by atoms with E-state index in [0.717, 1.165) is 25.2 Å². The van der Waals surface area contributed by atoms with Gasteiger partial charge in [-0.15, -0.1) is 0 Å². The fourth-order valence-corrected chi connectivity index (χ4v) is 4.38. The lowest BCUT2D eigenvalue weighted by molar-refractivity contribution is -0.138. The minimum absolute atomic E-state index is 0.101. The summed E-state index contributed by atoms with van der Waals surface area (Å²) in [6.07, 6.45) is -1.56. The van der Waals surface area contributed by atoms with E-state index >= 15 is 0 Å². The van der Waals surface area contributed by atoms with E-state index < -0.39 is 17.8 Å². The highest BCUT2D eigenvalue weighted by atomic mass is 19.4. The molecule has 1 aliphatic rings. The van der Waals surface area contributed by atoms with Gasteiger partial charge in [0.05, 0.1) is 23.8 Å². The minimum atomic E-state index is -4.50. The molecule has 5 nitrogen and oxygen atoms in total. The number of amides is 1. The number of carbonyl (C=O) groups is 1. The predicted molar refractivity (Wildman–Crippen MR) is 127 cm³/mol. The smallest absolute Gasteiger partial charge is 0.416 e. The summed E-state index contributed by atoms with van der Waals surface area (Å²) in [5.41, 5.74) is 0.111. The Kier molecular flexibility index (Phi) is 8.02. The summed E-state index contributed by atoms with van der Waals surface area (Å²) in [7, 11) is 0. The Bertz CT molecular complexity index is 1090. The first-order valence-corrected chi connectivity index (χ1v) is 11.7. The molecule has 3 aromatic rings. The zero-order valence-electron chi connectivity index (χ0n) is 19.2. The summed E-state index contributed by atoms with van der Waals surface area (Å²) in [6.45, 7) is 1.85. The minimum Gasteiger partial charge on any atom is -0.492 e. The second-order valence-electron chi connectivity index (χ2n) is 8.50. The lowest BCUT2D eigenvalue weighted by Gasteiger charge is -2.36. The number of benzene rings is 2. The highest BCUT2D eigenvalue weighted by molar-refractivity contribution is 5.80. The lowest BCUT2D eigenvalue weighted by atomic mass is 9.93. The molecule has 184 valence electrons. The number of hydrogen-bond acceptors (Lipinski definition) is 4. The molecule has 0 radical (unpaired) electrons. The van der Waals surface area contributed by atoms with Crippen LogP contribution in [0, 0.1) is 5.92 Å². The molecule has 1 aromatic heterocycles. The third-order valence-electron chi connectivity index (χ3n) is 6.12. The Labute approximate surface area is 202 Å². The lowest BCUT2D eigenvalue weighted by Crippen LogP contribution is -2.45. The number of aromatic nitrogens is 1. The molecule has 2 heterocycles. The molecule has 1 amide bonds. The van der Waals surface area contributed by atoms with Gasteiger partial charge in [-0.25, -0.2) is 0 Å². The van der Waals surface area contributed by atoms with Crippen LogP contribution in [0.25, 0.3) is 0 Å². The van der Waals surface area contributed by atoms with Crippen molar-refractivity contribution < 1.29 is 22.7 Å². The largest absolute Gasteiger partial charge is 0.492 e. The number of carbonyl (C=O) groups excluding carboxylic acids is 1. The second-order valence-corrected chi connectivity index (χ2v) is 8.50. The number of rotatable bonds is 8. The molecule has 35 heavy (non-hydrogen) atoms. The summed E-state index contributed by atoms with van der Waals surface area (Å²) in [5, 5.41) is 3.26. The number of nitrogens with one attached hydrogen (secondary N) is 1. The van der Waals surface area contributed by atoms with Gasteiger partial charge >= 0.3 is 6.18 Å². The molecule has 0 spiro atoms. The molecular formula is C27H28F3N3O2. The average molecular weight is 484 g/mol. The molecule has 1 atom stereocenters. The van der Waals surface area contributed by atoms with Crippen LogP contribution in [-0.2, 0) is 11.0 Å². The van der Waals surface area contributed by atoms with Gasteiger partial charge in [-0.1, -0.05) is 36.4 Å². The van der Waals surface area contributed by atoms with E-state index in [9.17, 15) is 18.0 Å². The van der Waals surface area contributed by atoms with Crippen molar-refractivity contribution in [2.24, 2.45) is 5.92 Å². The van der Waals surface area contributed by atoms with E-state index in [1.54, 1.807) is 35.4 Å². The highest BCUT2D eigenvalue weighted by Gasteiger charge is 2.35. The van der Waals surface area contributed by atoms with E-state index in [1.165, 1.54) is 6.07 Å². The number of pyridine rings is 1. The normalized spacial score (nSPS) is 15.4. The fraction of sp³-hybridized carbons (Fsp3) is 0.333. The molecule has 1 unspecified atom stereocenters. The maximum atomic E-state index is 13.8. The van der Waals surface area contributed by atoms with Crippen molar-refractivity contribution in [2.75, 3.05) is 26.2 Å². The average Bonchev–Trinajstić information content (AvgIpc) is 2.89. The van der Waals surface area contributed by atoms with Crippen LogP contribution in [0.3, 0.4) is 0 Å². The van der Waals surface area contributed by atoms with Gasteiger partial charge < -0.3 is 15.0 Å². The van der Waals surface area contributed by atoms with Crippen LogP contribution in [0.4, 0.5) is 13.2 Å². The van der Waals surface area contributed by atoms with Gasteiger partial charge in [-0.2, -0.15) is 13.2 Å². The van der Waals surface area contributed by atoms with E-state index in [-0.39, 0.29) is 25.0 Å². The van der Waals surface area contributed by atoms with Crippen molar-refractivity contribution >= 4 is 5.91 Å². The van der Waals surface area contributed by atoms with Crippen LogP contribution in [0.5, 0.6) is 5.75 Å². The standard InChI is InChI=1S/C27H28F3N3O2/c28-27(29,30)22-8-6-7-21(19-22)25(24-11-4-5-14-32-24)33(26(34)20-12-15-31-16-13-20)17-18-35-23-9-2-1-3-10-23/h1-11,14,19-20,25,31H,12-13,15-18H2. The summed E-state index contributed by atoms with van der Waals surface area (Å²) in [4.78, 5) is 19.9. The molecule has 1 aliphatic heterocycles. The first-order chi connectivity index (χ1) is 16.9. The molecule has 2 aromatic carbocycles. The van der Waals surface area contributed by atoms with Gasteiger partial charge in [-0.05, 0) is 67.9 Å². The van der Waals surface area contributed by atoms with Crippen molar-refractivity contribution in [1.82, 2.24) is 15.2 Å². The van der Waals surface area contributed by atoms with Crippen LogP contribution in [0.2, 0.25) is 0 Å². The summed E-state index contributed by atoms with van der Waals surface area (Å²) >= 11 is 0. The topological polar surface area (TPSA) is 54.5 Å². The van der Waals surface area contributed by atoms with Crippen molar-refractivity contribution in [3.8, 4) is 5.75 Å². The van der Waals surface area contributed by atoms with Gasteiger partial charge in [0.15, 0.2) is 0 Å². The van der Waals surface area contributed by atoms with Crippen LogP contribution >= 0.6 is 0 Å². The Morgan fingerprint density at radius 3 is 2.46 bits per heavy atom. The molecule has 0 bridgehead atoms. The monoisotopic (exact) mass is 483 g/mol. The number of piperidine rings is 1. The summed E-state index contributed by atoms with van der Waals surface area (Å²) in [5.74, 6) is 0.344. The van der Waals surface area contributed by atoms with Crippen LogP contribution in [0.1, 0.15) is 35.7 Å². The van der Waals surface area contributed by atoms with Crippen LogP contribution in [-0.4, -0.2) is 42.0 Å². The number of halogens is 3. The van der Waals surface area contributed by atoms with Crippen LogP contribution in [0.15, 0.2) is 79.0 Å².